The van der Waals surface area contributed by atoms with Gasteiger partial charge in [0.1, 0.15) is 29.6 Å². The molecule has 32 heavy (non-hydrogen) atoms. The molecule has 0 aliphatic heterocycles. The molecule has 5 nitrogen and oxygen atoms in total. The summed E-state index contributed by atoms with van der Waals surface area (Å²) in [5.41, 5.74) is 3.73. The predicted octanol–water partition coefficient (Wildman–Crippen LogP) is 5.53. The van der Waals surface area contributed by atoms with E-state index in [1.165, 1.54) is 0 Å². The van der Waals surface area contributed by atoms with E-state index in [1.54, 1.807) is 6.07 Å². The summed E-state index contributed by atoms with van der Waals surface area (Å²) in [5.74, 6) is 0.814. The first-order valence-electron chi connectivity index (χ1n) is 11.8. The third kappa shape index (κ3) is 3.68. The van der Waals surface area contributed by atoms with Gasteiger partial charge in [0, 0.05) is 23.1 Å². The summed E-state index contributed by atoms with van der Waals surface area (Å²) in [5, 5.41) is 10.3. The molecule has 0 saturated heterocycles. The molecule has 5 heteroatoms. The monoisotopic (exact) mass is 434 g/mol. The molecule has 0 atom stereocenters. The molecule has 2 aromatic rings. The number of phenols is 1. The molecule has 0 spiro atoms. The normalized spacial score (nSPS) is 19.5. The lowest BCUT2D eigenvalue weighted by Gasteiger charge is -2.39. The van der Waals surface area contributed by atoms with Gasteiger partial charge in [0.25, 0.3) is 0 Å². The fourth-order valence-corrected chi connectivity index (χ4v) is 5.22. The number of aryl methyl sites for hydroxylation is 1. The van der Waals surface area contributed by atoms with Crippen molar-refractivity contribution < 1.29 is 24.2 Å². The van der Waals surface area contributed by atoms with Gasteiger partial charge < -0.3 is 14.6 Å². The largest absolute Gasteiger partial charge is 0.508 e. The molecule has 0 amide bonds. The average molecular weight is 435 g/mol. The van der Waals surface area contributed by atoms with Gasteiger partial charge >= 0.3 is 5.97 Å². The number of aromatic hydroxyl groups is 1. The van der Waals surface area contributed by atoms with Crippen LogP contribution in [0.25, 0.3) is 11.1 Å². The summed E-state index contributed by atoms with van der Waals surface area (Å²) in [6.45, 7) is 2.08. The van der Waals surface area contributed by atoms with E-state index in [2.05, 4.69) is 0 Å². The van der Waals surface area contributed by atoms with Gasteiger partial charge in [0.2, 0.25) is 0 Å². The molecule has 0 bridgehead atoms. The number of benzene rings is 2. The first-order chi connectivity index (χ1) is 15.5. The number of esters is 1. The van der Waals surface area contributed by atoms with Crippen molar-refractivity contribution in [3.63, 3.8) is 0 Å². The van der Waals surface area contributed by atoms with Crippen molar-refractivity contribution in [3.8, 4) is 22.6 Å². The van der Waals surface area contributed by atoms with Crippen molar-refractivity contribution in [2.45, 2.75) is 70.8 Å². The van der Waals surface area contributed by atoms with Crippen LogP contribution in [0.1, 0.15) is 72.9 Å². The highest BCUT2D eigenvalue weighted by atomic mass is 16.5. The molecule has 168 valence electrons. The minimum absolute atomic E-state index is 0.0483. The van der Waals surface area contributed by atoms with Gasteiger partial charge in [-0.1, -0.05) is 24.6 Å². The number of carbonyl (C=O) groups excluding carboxylic acids is 2. The van der Waals surface area contributed by atoms with E-state index >= 15 is 0 Å². The maximum atomic E-state index is 13.0. The molecule has 3 aliphatic carbocycles. The van der Waals surface area contributed by atoms with Crippen LogP contribution in [0.3, 0.4) is 0 Å². The summed E-state index contributed by atoms with van der Waals surface area (Å²) in [6.07, 6.45) is 8.06. The van der Waals surface area contributed by atoms with Crippen LogP contribution in [0, 0.1) is 12.3 Å². The highest BCUT2D eigenvalue weighted by molar-refractivity contribution is 6.01. The quantitative estimate of drug-likeness (QED) is 0.605. The van der Waals surface area contributed by atoms with Gasteiger partial charge in [0.05, 0.1) is 0 Å². The number of rotatable bonds is 6. The van der Waals surface area contributed by atoms with Gasteiger partial charge in [-0.25, -0.2) is 0 Å². The van der Waals surface area contributed by atoms with E-state index in [0.29, 0.717) is 17.7 Å². The van der Waals surface area contributed by atoms with E-state index in [4.69, 9.17) is 9.47 Å². The van der Waals surface area contributed by atoms with Crippen LogP contribution in [0.2, 0.25) is 0 Å². The van der Waals surface area contributed by atoms with Crippen LogP contribution in [-0.2, 0) is 16.0 Å². The number of Topliss-reactive ketones (excluding diaryl/α,β-unsaturated/α-hetero) is 1. The smallest absolute Gasteiger partial charge is 0.315 e. The highest BCUT2D eigenvalue weighted by Crippen LogP contribution is 2.45. The predicted molar refractivity (Wildman–Crippen MR) is 121 cm³/mol. The van der Waals surface area contributed by atoms with Crippen molar-refractivity contribution in [2.24, 2.45) is 5.41 Å². The van der Waals surface area contributed by atoms with Gasteiger partial charge in [-0.05, 0) is 75.1 Å². The van der Waals surface area contributed by atoms with Crippen LogP contribution in [-0.4, -0.2) is 29.6 Å². The first-order valence-corrected chi connectivity index (χ1v) is 11.8. The van der Waals surface area contributed by atoms with E-state index in [1.807, 2.05) is 31.2 Å². The fourth-order valence-electron chi connectivity index (χ4n) is 5.22. The Hall–Kier alpha value is -2.82. The Bertz CT molecular complexity index is 1060. The summed E-state index contributed by atoms with van der Waals surface area (Å²) in [4.78, 5) is 25.0. The van der Waals surface area contributed by atoms with Gasteiger partial charge in [-0.2, -0.15) is 0 Å². The SMILES string of the molecule is Cc1c(O)ccc(-c2ccc3c(c2)CCC3=O)c1OCC1(C(=O)OC2CCCC2)CCC1. The molecule has 0 unspecified atom stereocenters. The summed E-state index contributed by atoms with van der Waals surface area (Å²) in [6, 6.07) is 9.39. The first kappa shape index (κ1) is 21.0. The standard InChI is InChI=1S/C27H30O5/c1-17-23(28)12-10-22(19-7-9-21-18(15-19)8-11-24(21)29)25(17)31-16-27(13-4-14-27)26(30)32-20-5-2-3-6-20/h7,9-10,12,15,20,28H,2-6,8,11,13-14,16H2,1H3. The third-order valence-electron chi connectivity index (χ3n) is 7.53. The minimum Gasteiger partial charge on any atom is -0.508 e. The van der Waals surface area contributed by atoms with Crippen molar-refractivity contribution in [2.75, 3.05) is 6.61 Å². The maximum absolute atomic E-state index is 13.0. The lowest BCUT2D eigenvalue weighted by Crippen LogP contribution is -2.45. The number of fused-ring (bicyclic) bond motifs is 1. The van der Waals surface area contributed by atoms with Crippen molar-refractivity contribution >= 4 is 11.8 Å². The third-order valence-corrected chi connectivity index (χ3v) is 7.53. The van der Waals surface area contributed by atoms with E-state index < -0.39 is 5.41 Å². The van der Waals surface area contributed by atoms with Crippen LogP contribution >= 0.6 is 0 Å². The Morgan fingerprint density at radius 2 is 1.81 bits per heavy atom. The zero-order valence-electron chi connectivity index (χ0n) is 18.6. The molecule has 0 heterocycles. The Morgan fingerprint density at radius 1 is 1.06 bits per heavy atom. The number of hydrogen-bond acceptors (Lipinski definition) is 5. The minimum atomic E-state index is -0.595. The molecule has 2 aromatic carbocycles. The lowest BCUT2D eigenvalue weighted by molar-refractivity contribution is -0.169. The molecular formula is C27H30O5. The summed E-state index contributed by atoms with van der Waals surface area (Å²) < 4.78 is 12.1. The number of phenolic OH excluding ortho intramolecular Hbond substituents is 1. The zero-order chi connectivity index (χ0) is 22.3. The second-order valence-corrected chi connectivity index (χ2v) is 9.62. The van der Waals surface area contributed by atoms with Crippen molar-refractivity contribution in [1.82, 2.24) is 0 Å². The van der Waals surface area contributed by atoms with Crippen LogP contribution in [0.15, 0.2) is 30.3 Å². The molecule has 0 radical (unpaired) electrons. The maximum Gasteiger partial charge on any atom is 0.315 e. The number of ether oxygens (including phenoxy) is 2. The molecule has 3 aliphatic rings. The Kier molecular flexibility index (Phi) is 5.44. The van der Waals surface area contributed by atoms with E-state index in [0.717, 1.165) is 73.6 Å². The Labute approximate surface area is 188 Å². The Balaban J connectivity index is 1.40. The van der Waals surface area contributed by atoms with Gasteiger partial charge in [0.15, 0.2) is 5.78 Å². The number of ketones is 1. The number of carbonyl (C=O) groups is 2. The number of hydrogen-bond donors (Lipinski definition) is 1. The highest BCUT2D eigenvalue weighted by Gasteiger charge is 2.47. The molecule has 2 fully saturated rings. The topological polar surface area (TPSA) is 72.8 Å². The second kappa shape index (κ2) is 8.27. The fraction of sp³-hybridized carbons (Fsp3) is 0.481. The second-order valence-electron chi connectivity index (χ2n) is 9.62. The molecule has 2 saturated carbocycles. The van der Waals surface area contributed by atoms with Gasteiger partial charge in [-0.3, -0.25) is 9.59 Å². The van der Waals surface area contributed by atoms with Crippen LogP contribution < -0.4 is 4.74 Å². The molecule has 0 aromatic heterocycles. The summed E-state index contributed by atoms with van der Waals surface area (Å²) >= 11 is 0. The van der Waals surface area contributed by atoms with Crippen molar-refractivity contribution in [1.29, 1.82) is 0 Å². The molecule has 5 rings (SSSR count). The van der Waals surface area contributed by atoms with Gasteiger partial charge in [-0.15, -0.1) is 0 Å². The van der Waals surface area contributed by atoms with E-state index in [-0.39, 0.29) is 30.2 Å². The Morgan fingerprint density at radius 3 is 2.53 bits per heavy atom. The summed E-state index contributed by atoms with van der Waals surface area (Å²) in [7, 11) is 0. The molecule has 1 N–H and O–H groups in total. The van der Waals surface area contributed by atoms with Crippen LogP contribution in [0.5, 0.6) is 11.5 Å². The average Bonchev–Trinajstić information content (AvgIpc) is 3.40. The zero-order valence-corrected chi connectivity index (χ0v) is 18.6. The van der Waals surface area contributed by atoms with E-state index in [9.17, 15) is 14.7 Å². The van der Waals surface area contributed by atoms with Crippen LogP contribution in [0.4, 0.5) is 0 Å². The lowest BCUT2D eigenvalue weighted by atomic mass is 9.69. The van der Waals surface area contributed by atoms with Crippen molar-refractivity contribution in [3.05, 3.63) is 47.0 Å². The molecular weight excluding hydrogens is 404 g/mol.